The number of nitrogens with zero attached hydrogens (tertiary/aromatic N) is 1. The molecule has 0 aliphatic rings. The van der Waals surface area contributed by atoms with Gasteiger partial charge in [0.1, 0.15) is 5.75 Å². The van der Waals surface area contributed by atoms with Crippen LogP contribution in [0, 0.1) is 13.8 Å². The van der Waals surface area contributed by atoms with Gasteiger partial charge >= 0.3 is 0 Å². The molecule has 6 nitrogen and oxygen atoms in total. The molecule has 0 aromatic heterocycles. The van der Waals surface area contributed by atoms with Gasteiger partial charge < -0.3 is 10.1 Å². The Morgan fingerprint density at radius 1 is 1.15 bits per heavy atom. The first-order chi connectivity index (χ1) is 12.6. The van der Waals surface area contributed by atoms with Crippen molar-refractivity contribution < 1.29 is 17.9 Å². The molecule has 1 amide bonds. The number of sulfonamides is 1. The molecule has 0 saturated carbocycles. The summed E-state index contributed by atoms with van der Waals surface area (Å²) in [5.74, 6) is 0.368. The Balaban J connectivity index is 2.16. The van der Waals surface area contributed by atoms with Gasteiger partial charge in [0, 0.05) is 19.0 Å². The third-order valence-corrected chi connectivity index (χ3v) is 6.90. The molecular formula is C19H24N2O4S2. The summed E-state index contributed by atoms with van der Waals surface area (Å²) in [6.07, 6.45) is 0. The number of hydrogen-bond donors (Lipinski definition) is 1. The van der Waals surface area contributed by atoms with Crippen molar-refractivity contribution in [3.05, 3.63) is 47.5 Å². The number of carbonyl (C=O) groups is 1. The first-order valence-electron chi connectivity index (χ1n) is 8.25. The van der Waals surface area contributed by atoms with Gasteiger partial charge in [-0.3, -0.25) is 4.79 Å². The van der Waals surface area contributed by atoms with Crippen molar-refractivity contribution in [3.63, 3.8) is 0 Å². The lowest BCUT2D eigenvalue weighted by molar-refractivity contribution is -0.113. The van der Waals surface area contributed by atoms with Crippen LogP contribution < -0.4 is 10.1 Å². The summed E-state index contributed by atoms with van der Waals surface area (Å²) in [5, 5.41) is 2.75. The number of methoxy groups -OCH3 is 1. The Bertz CT molecular complexity index is 941. The predicted molar refractivity (Wildman–Crippen MR) is 109 cm³/mol. The fourth-order valence-corrected chi connectivity index (χ4v) is 4.18. The number of thioether (sulfide) groups is 1. The van der Waals surface area contributed by atoms with Gasteiger partial charge in [0.25, 0.3) is 0 Å². The molecule has 0 spiro atoms. The lowest BCUT2D eigenvalue weighted by Crippen LogP contribution is -2.22. The zero-order valence-electron chi connectivity index (χ0n) is 16.1. The van der Waals surface area contributed by atoms with Crippen molar-refractivity contribution in [3.8, 4) is 5.75 Å². The number of hydrogen-bond acceptors (Lipinski definition) is 5. The molecule has 27 heavy (non-hydrogen) atoms. The Morgan fingerprint density at radius 3 is 2.44 bits per heavy atom. The maximum Gasteiger partial charge on any atom is 0.242 e. The molecule has 2 rings (SSSR count). The molecule has 0 aliphatic heterocycles. The van der Waals surface area contributed by atoms with E-state index in [4.69, 9.17) is 4.74 Å². The second-order valence-corrected chi connectivity index (χ2v) is 9.42. The number of rotatable bonds is 7. The SMILES string of the molecule is COc1ccc(S(=O)(=O)N(C)C)cc1NC(=O)CSc1ccc(C)cc1C. The number of amides is 1. The van der Waals surface area contributed by atoms with Crippen LogP contribution in [0.5, 0.6) is 5.75 Å². The average Bonchev–Trinajstić information content (AvgIpc) is 2.60. The minimum atomic E-state index is -3.60. The predicted octanol–water partition coefficient (Wildman–Crippen LogP) is 3.29. The van der Waals surface area contributed by atoms with Crippen LogP contribution in [-0.2, 0) is 14.8 Å². The van der Waals surface area contributed by atoms with E-state index in [-0.39, 0.29) is 16.6 Å². The summed E-state index contributed by atoms with van der Waals surface area (Å²) in [6, 6.07) is 10.5. The topological polar surface area (TPSA) is 75.7 Å². The highest BCUT2D eigenvalue weighted by molar-refractivity contribution is 8.00. The van der Waals surface area contributed by atoms with Gasteiger partial charge in [0.05, 0.1) is 23.4 Å². The average molecular weight is 409 g/mol. The molecule has 0 heterocycles. The number of anilines is 1. The Morgan fingerprint density at radius 2 is 1.85 bits per heavy atom. The van der Waals surface area contributed by atoms with Crippen molar-refractivity contribution in [1.82, 2.24) is 4.31 Å². The number of carbonyl (C=O) groups excluding carboxylic acids is 1. The monoisotopic (exact) mass is 408 g/mol. The molecule has 2 aromatic rings. The lowest BCUT2D eigenvalue weighted by atomic mass is 10.2. The Labute approximate surface area is 165 Å². The van der Waals surface area contributed by atoms with Gasteiger partial charge in [-0.2, -0.15) is 0 Å². The summed E-state index contributed by atoms with van der Waals surface area (Å²) in [6.45, 7) is 4.03. The molecule has 0 atom stereocenters. The van der Waals surface area contributed by atoms with Crippen LogP contribution in [0.25, 0.3) is 0 Å². The molecule has 0 saturated heterocycles. The fourth-order valence-electron chi connectivity index (χ4n) is 2.45. The number of benzene rings is 2. The third kappa shape index (κ3) is 5.24. The molecule has 0 fully saturated rings. The maximum atomic E-state index is 12.4. The minimum Gasteiger partial charge on any atom is -0.495 e. The normalized spacial score (nSPS) is 11.5. The molecule has 1 N–H and O–H groups in total. The van der Waals surface area contributed by atoms with Crippen molar-refractivity contribution in [1.29, 1.82) is 0 Å². The van der Waals surface area contributed by atoms with E-state index in [1.807, 2.05) is 26.0 Å². The van der Waals surface area contributed by atoms with Crippen molar-refractivity contribution in [2.45, 2.75) is 23.6 Å². The Kier molecular flexibility index (Phi) is 6.91. The molecular weight excluding hydrogens is 384 g/mol. The summed E-state index contributed by atoms with van der Waals surface area (Å²) >= 11 is 1.43. The highest BCUT2D eigenvalue weighted by Crippen LogP contribution is 2.29. The van der Waals surface area contributed by atoms with E-state index in [0.29, 0.717) is 11.4 Å². The van der Waals surface area contributed by atoms with E-state index in [9.17, 15) is 13.2 Å². The second-order valence-electron chi connectivity index (χ2n) is 6.26. The molecule has 0 bridgehead atoms. The van der Waals surface area contributed by atoms with Gasteiger partial charge in [0.2, 0.25) is 15.9 Å². The second kappa shape index (κ2) is 8.77. The minimum absolute atomic E-state index is 0.0885. The van der Waals surface area contributed by atoms with Gasteiger partial charge in [-0.15, -0.1) is 11.8 Å². The molecule has 2 aromatic carbocycles. The first-order valence-corrected chi connectivity index (χ1v) is 10.7. The van der Waals surface area contributed by atoms with Crippen LogP contribution in [0.1, 0.15) is 11.1 Å². The van der Waals surface area contributed by atoms with Crippen molar-refractivity contribution in [2.24, 2.45) is 0 Å². The van der Waals surface area contributed by atoms with E-state index < -0.39 is 10.0 Å². The summed E-state index contributed by atoms with van der Waals surface area (Å²) in [5.41, 5.74) is 2.61. The van der Waals surface area contributed by atoms with Crippen LogP contribution >= 0.6 is 11.8 Å². The van der Waals surface area contributed by atoms with Crippen molar-refractivity contribution >= 4 is 33.4 Å². The van der Waals surface area contributed by atoms with Gasteiger partial charge in [-0.1, -0.05) is 17.7 Å². The maximum absolute atomic E-state index is 12.4. The quantitative estimate of drug-likeness (QED) is 0.712. The zero-order chi connectivity index (χ0) is 20.2. The largest absolute Gasteiger partial charge is 0.495 e. The van der Waals surface area contributed by atoms with E-state index in [1.54, 1.807) is 0 Å². The van der Waals surface area contributed by atoms with Gasteiger partial charge in [-0.25, -0.2) is 12.7 Å². The summed E-state index contributed by atoms with van der Waals surface area (Å²) in [4.78, 5) is 13.5. The van der Waals surface area contributed by atoms with Crippen LogP contribution in [-0.4, -0.2) is 45.6 Å². The van der Waals surface area contributed by atoms with Crippen LogP contribution in [0.2, 0.25) is 0 Å². The van der Waals surface area contributed by atoms with E-state index >= 15 is 0 Å². The number of nitrogens with one attached hydrogen (secondary N) is 1. The zero-order valence-corrected chi connectivity index (χ0v) is 17.7. The van der Waals surface area contributed by atoms with Gasteiger partial charge in [-0.05, 0) is 43.7 Å². The van der Waals surface area contributed by atoms with E-state index in [1.165, 1.54) is 56.7 Å². The van der Waals surface area contributed by atoms with Crippen molar-refractivity contribution in [2.75, 3.05) is 32.3 Å². The highest BCUT2D eigenvalue weighted by atomic mass is 32.2. The van der Waals surface area contributed by atoms with Crippen LogP contribution in [0.15, 0.2) is 46.2 Å². The third-order valence-electron chi connectivity index (χ3n) is 3.91. The number of aryl methyl sites for hydroxylation is 2. The highest BCUT2D eigenvalue weighted by Gasteiger charge is 2.20. The smallest absolute Gasteiger partial charge is 0.242 e. The van der Waals surface area contributed by atoms with E-state index in [0.717, 1.165) is 14.8 Å². The summed E-state index contributed by atoms with van der Waals surface area (Å²) in [7, 11) is 0.777. The van der Waals surface area contributed by atoms with Gasteiger partial charge in [0.15, 0.2) is 0 Å². The molecule has 0 aliphatic carbocycles. The molecule has 8 heteroatoms. The Hall–Kier alpha value is -2.03. The molecule has 0 radical (unpaired) electrons. The molecule has 0 unspecified atom stereocenters. The molecule has 146 valence electrons. The lowest BCUT2D eigenvalue weighted by Gasteiger charge is -2.15. The summed E-state index contributed by atoms with van der Waals surface area (Å²) < 4.78 is 31.0. The number of ether oxygens (including phenoxy) is 1. The standard InChI is InChI=1S/C19H24N2O4S2/c1-13-6-9-18(14(2)10-13)26-12-19(22)20-16-11-15(7-8-17(16)25-5)27(23,24)21(3)4/h6-11H,12H2,1-5H3,(H,20,22). The van der Waals surface area contributed by atoms with Crippen LogP contribution in [0.4, 0.5) is 5.69 Å². The van der Waals surface area contributed by atoms with Crippen LogP contribution in [0.3, 0.4) is 0 Å². The first kappa shape index (κ1) is 21.3. The van der Waals surface area contributed by atoms with E-state index in [2.05, 4.69) is 11.4 Å². The fraction of sp³-hybridized carbons (Fsp3) is 0.316.